The number of benzene rings is 2. The number of rotatable bonds is 11. The lowest BCUT2D eigenvalue weighted by Crippen LogP contribution is -2.20. The molecule has 0 aliphatic carbocycles. The number of imidazole rings is 2. The first-order chi connectivity index (χ1) is 20.1. The number of nitrogens with two attached hydrogens (primary N) is 2. The summed E-state index contributed by atoms with van der Waals surface area (Å²) < 4.78 is 10.7. The molecule has 0 aliphatic rings. The summed E-state index contributed by atoms with van der Waals surface area (Å²) in [6.45, 7) is 5.23. The predicted octanol–water partition coefficient (Wildman–Crippen LogP) is 3.03. The van der Waals surface area contributed by atoms with Crippen molar-refractivity contribution in [2.75, 3.05) is 18.2 Å². The van der Waals surface area contributed by atoms with E-state index in [-0.39, 0.29) is 17.4 Å². The number of primary amides is 1. The highest BCUT2D eigenvalue weighted by atomic mass is 16.5. The van der Waals surface area contributed by atoms with E-state index in [1.54, 1.807) is 33.5 Å². The molecular weight excluding hydrogens is 542 g/mol. The van der Waals surface area contributed by atoms with Gasteiger partial charge in [-0.2, -0.15) is 5.10 Å². The van der Waals surface area contributed by atoms with E-state index in [1.165, 1.54) is 19.2 Å². The van der Waals surface area contributed by atoms with Gasteiger partial charge in [0.2, 0.25) is 17.8 Å². The van der Waals surface area contributed by atoms with Gasteiger partial charge in [0, 0.05) is 25.2 Å². The van der Waals surface area contributed by atoms with Crippen molar-refractivity contribution < 1.29 is 24.2 Å². The zero-order chi connectivity index (χ0) is 30.1. The van der Waals surface area contributed by atoms with Crippen molar-refractivity contribution in [1.29, 1.82) is 0 Å². The Hall–Kier alpha value is -5.40. The third-order valence-electron chi connectivity index (χ3n) is 7.01. The molecule has 14 heteroatoms. The number of carboxylic acids is 1. The minimum Gasteiger partial charge on any atom is -0.494 e. The maximum Gasteiger partial charge on any atom is 0.335 e. The highest BCUT2D eigenvalue weighted by molar-refractivity contribution is 6.03. The number of anilines is 2. The molecule has 0 atom stereocenters. The molecular formula is C28H31N9O5. The Balaban J connectivity index is 1.40. The molecule has 0 fully saturated rings. The Labute approximate surface area is 239 Å². The van der Waals surface area contributed by atoms with Crippen LogP contribution in [0.4, 0.5) is 11.9 Å². The van der Waals surface area contributed by atoms with Gasteiger partial charge in [0.25, 0.3) is 5.91 Å². The molecule has 0 saturated carbocycles. The van der Waals surface area contributed by atoms with E-state index in [1.807, 2.05) is 18.4 Å². The number of carboxylic acid groups (broad SMARTS) is 1. The number of aromatic nitrogens is 6. The number of carbonyl (C=O) groups excluding carboxylic acids is 2. The normalized spacial score (nSPS) is 11.3. The number of aryl methyl sites for hydroxylation is 4. The van der Waals surface area contributed by atoms with Crippen LogP contribution in [0.3, 0.4) is 0 Å². The molecule has 42 heavy (non-hydrogen) atoms. The molecule has 218 valence electrons. The topological polar surface area (TPSA) is 198 Å². The SMILES string of the molecule is CCn1nc(C)cc1C(=O)Nc1nc2cc(C(N)=O)ccc2n1CCCCn1c(N)nc2cc(C(=O)O)cc(OC)c21. The van der Waals surface area contributed by atoms with Gasteiger partial charge in [-0.05, 0) is 63.1 Å². The highest BCUT2D eigenvalue weighted by Crippen LogP contribution is 2.30. The summed E-state index contributed by atoms with van der Waals surface area (Å²) in [6, 6.07) is 9.60. The smallest absolute Gasteiger partial charge is 0.335 e. The lowest BCUT2D eigenvalue weighted by Gasteiger charge is -2.12. The first-order valence-corrected chi connectivity index (χ1v) is 13.3. The average molecular weight is 574 g/mol. The van der Waals surface area contributed by atoms with Gasteiger partial charge >= 0.3 is 5.97 Å². The number of amides is 2. The van der Waals surface area contributed by atoms with Crippen molar-refractivity contribution in [2.24, 2.45) is 5.73 Å². The van der Waals surface area contributed by atoms with Gasteiger partial charge in [0.1, 0.15) is 17.0 Å². The molecule has 5 rings (SSSR count). The Kier molecular flexibility index (Phi) is 7.53. The van der Waals surface area contributed by atoms with Crippen LogP contribution >= 0.6 is 0 Å². The van der Waals surface area contributed by atoms with Gasteiger partial charge in [-0.25, -0.2) is 14.8 Å². The van der Waals surface area contributed by atoms with Crippen molar-refractivity contribution in [3.05, 3.63) is 58.9 Å². The fraction of sp³-hybridized carbons (Fsp3) is 0.286. The lowest BCUT2D eigenvalue weighted by molar-refractivity contribution is 0.0696. The molecule has 2 aromatic carbocycles. The molecule has 0 bridgehead atoms. The average Bonchev–Trinajstić information content (AvgIpc) is 3.61. The number of nitrogens with one attached hydrogen (secondary N) is 1. The van der Waals surface area contributed by atoms with Crippen molar-refractivity contribution >= 4 is 51.7 Å². The summed E-state index contributed by atoms with van der Waals surface area (Å²) in [5, 5.41) is 16.7. The van der Waals surface area contributed by atoms with Crippen LogP contribution in [0.5, 0.6) is 5.75 Å². The van der Waals surface area contributed by atoms with E-state index in [0.29, 0.717) is 72.0 Å². The summed E-state index contributed by atoms with van der Waals surface area (Å²) in [7, 11) is 1.46. The Morgan fingerprint density at radius 1 is 1.00 bits per heavy atom. The molecule has 0 spiro atoms. The third-order valence-corrected chi connectivity index (χ3v) is 7.01. The minimum atomic E-state index is -1.09. The van der Waals surface area contributed by atoms with Crippen molar-refractivity contribution in [3.63, 3.8) is 0 Å². The van der Waals surface area contributed by atoms with E-state index < -0.39 is 11.9 Å². The molecule has 5 aromatic rings. The molecule has 3 heterocycles. The van der Waals surface area contributed by atoms with Gasteiger partial charge in [0.05, 0.1) is 34.9 Å². The number of ether oxygens (including phenoxy) is 1. The summed E-state index contributed by atoms with van der Waals surface area (Å²) in [6.07, 6.45) is 1.32. The zero-order valence-electron chi connectivity index (χ0n) is 23.4. The zero-order valence-corrected chi connectivity index (χ0v) is 23.4. The van der Waals surface area contributed by atoms with E-state index in [4.69, 9.17) is 16.2 Å². The number of methoxy groups -OCH3 is 1. The summed E-state index contributed by atoms with van der Waals surface area (Å²) in [5.74, 6) is -1.07. The van der Waals surface area contributed by atoms with Crippen LogP contribution in [-0.2, 0) is 19.6 Å². The fourth-order valence-electron chi connectivity index (χ4n) is 5.03. The number of carbonyl (C=O) groups is 3. The van der Waals surface area contributed by atoms with E-state index >= 15 is 0 Å². The van der Waals surface area contributed by atoms with Crippen LogP contribution in [0.1, 0.15) is 56.7 Å². The number of fused-ring (bicyclic) bond motifs is 2. The molecule has 6 N–H and O–H groups in total. The van der Waals surface area contributed by atoms with E-state index in [0.717, 1.165) is 11.2 Å². The van der Waals surface area contributed by atoms with Gasteiger partial charge in [-0.15, -0.1) is 0 Å². The molecule has 0 unspecified atom stereocenters. The first kappa shape index (κ1) is 28.1. The van der Waals surface area contributed by atoms with Gasteiger partial charge in [-0.1, -0.05) is 0 Å². The third kappa shape index (κ3) is 5.21. The second-order valence-corrected chi connectivity index (χ2v) is 9.78. The fourth-order valence-corrected chi connectivity index (χ4v) is 5.03. The maximum atomic E-state index is 13.2. The van der Waals surface area contributed by atoms with E-state index in [2.05, 4.69) is 20.4 Å². The second-order valence-electron chi connectivity index (χ2n) is 9.78. The lowest BCUT2D eigenvalue weighted by atomic mass is 10.2. The van der Waals surface area contributed by atoms with Crippen LogP contribution in [0, 0.1) is 6.92 Å². The largest absolute Gasteiger partial charge is 0.494 e. The van der Waals surface area contributed by atoms with Crippen LogP contribution in [0.15, 0.2) is 36.4 Å². The number of nitrogen functional groups attached to an aromatic ring is 1. The van der Waals surface area contributed by atoms with Gasteiger partial charge < -0.3 is 30.4 Å². The Morgan fingerprint density at radius 2 is 1.71 bits per heavy atom. The maximum absolute atomic E-state index is 13.2. The highest BCUT2D eigenvalue weighted by Gasteiger charge is 2.20. The molecule has 3 aromatic heterocycles. The van der Waals surface area contributed by atoms with Gasteiger partial charge in [-0.3, -0.25) is 19.6 Å². The Bertz CT molecular complexity index is 1850. The minimum absolute atomic E-state index is 0.0576. The quantitative estimate of drug-likeness (QED) is 0.172. The Morgan fingerprint density at radius 3 is 2.38 bits per heavy atom. The standard InChI is InChI=1S/C28H31N9O5/c1-4-37-21(11-15(2)34-37)25(39)33-28-32-18-12-16(24(29)38)7-8-20(18)35(28)9-5-6-10-36-23-19(31-27(36)30)13-17(26(40)41)14-22(23)42-3/h7-8,11-14H,4-6,9-10H2,1-3H3,(H2,29,38)(H2,30,31)(H,40,41)(H,32,33,39). The number of hydrogen-bond acceptors (Lipinski definition) is 8. The first-order valence-electron chi connectivity index (χ1n) is 13.3. The van der Waals surface area contributed by atoms with Crippen molar-refractivity contribution in [1.82, 2.24) is 28.9 Å². The molecule has 14 nitrogen and oxygen atoms in total. The van der Waals surface area contributed by atoms with Crippen LogP contribution in [-0.4, -0.2) is 58.9 Å². The van der Waals surface area contributed by atoms with E-state index in [9.17, 15) is 19.5 Å². The molecule has 0 saturated heterocycles. The molecule has 0 aliphatic heterocycles. The van der Waals surface area contributed by atoms with Crippen molar-refractivity contribution in [2.45, 2.75) is 46.3 Å². The summed E-state index contributed by atoms with van der Waals surface area (Å²) in [5.41, 5.74) is 15.5. The van der Waals surface area contributed by atoms with Crippen molar-refractivity contribution in [3.8, 4) is 5.75 Å². The molecule has 0 radical (unpaired) electrons. The number of hydrogen-bond donors (Lipinski definition) is 4. The summed E-state index contributed by atoms with van der Waals surface area (Å²) in [4.78, 5) is 45.4. The van der Waals surface area contributed by atoms with Crippen LogP contribution in [0.25, 0.3) is 22.1 Å². The van der Waals surface area contributed by atoms with Gasteiger partial charge in [0.15, 0.2) is 0 Å². The second kappa shape index (κ2) is 11.2. The number of aromatic carboxylic acids is 1. The number of nitrogens with zero attached hydrogens (tertiary/aromatic N) is 6. The monoisotopic (exact) mass is 573 g/mol. The van der Waals surface area contributed by atoms with Crippen LogP contribution in [0.2, 0.25) is 0 Å². The summed E-state index contributed by atoms with van der Waals surface area (Å²) >= 11 is 0. The molecule has 2 amide bonds. The van der Waals surface area contributed by atoms with Crippen LogP contribution < -0.4 is 21.5 Å². The predicted molar refractivity (Wildman–Crippen MR) is 156 cm³/mol. The number of unbranched alkanes of at least 4 members (excludes halogenated alkanes) is 1.